The van der Waals surface area contributed by atoms with Gasteiger partial charge in [0.1, 0.15) is 4.99 Å². The van der Waals surface area contributed by atoms with Crippen LogP contribution in [0.2, 0.25) is 0 Å². The van der Waals surface area contributed by atoms with Gasteiger partial charge in [-0.15, -0.1) is 0 Å². The Morgan fingerprint density at radius 2 is 2.32 bits per heavy atom. The topological polar surface area (TPSA) is 49.5 Å². The summed E-state index contributed by atoms with van der Waals surface area (Å²) in [5.74, 6) is 0.557. The Bertz CT molecular complexity index is 465. The highest BCUT2D eigenvalue weighted by atomic mass is 79.9. The maximum absolute atomic E-state index is 9.09. The molecule has 0 saturated carbocycles. The highest BCUT2D eigenvalue weighted by molar-refractivity contribution is 9.10. The standard InChI is InChI=1S/C14H19BrN2OS/c15-11-3-4-13(12(8-11)14(16)19)17-6-1-2-10(9-17)5-7-18/h3-4,8,10,18H,1-2,5-7,9H2,(H2,16,19). The molecule has 0 radical (unpaired) electrons. The second kappa shape index (κ2) is 6.68. The molecule has 1 aliphatic heterocycles. The number of hydrogen-bond donors (Lipinski definition) is 2. The van der Waals surface area contributed by atoms with E-state index in [1.807, 2.05) is 12.1 Å². The van der Waals surface area contributed by atoms with Gasteiger partial charge in [0.05, 0.1) is 0 Å². The van der Waals surface area contributed by atoms with E-state index in [9.17, 15) is 0 Å². The lowest BCUT2D eigenvalue weighted by Crippen LogP contribution is -2.37. The molecule has 0 amide bonds. The average molecular weight is 343 g/mol. The van der Waals surface area contributed by atoms with Crippen LogP contribution < -0.4 is 10.6 Å². The fourth-order valence-electron chi connectivity index (χ4n) is 2.68. The second-order valence-corrected chi connectivity index (χ2v) is 6.35. The third kappa shape index (κ3) is 3.68. The summed E-state index contributed by atoms with van der Waals surface area (Å²) >= 11 is 8.61. The summed E-state index contributed by atoms with van der Waals surface area (Å²) in [5.41, 5.74) is 7.86. The number of hydrogen-bond acceptors (Lipinski definition) is 3. The normalized spacial score (nSPS) is 19.5. The van der Waals surface area contributed by atoms with Crippen molar-refractivity contribution in [1.82, 2.24) is 0 Å². The highest BCUT2D eigenvalue weighted by Crippen LogP contribution is 2.29. The zero-order valence-electron chi connectivity index (χ0n) is 10.8. The summed E-state index contributed by atoms with van der Waals surface area (Å²) in [5, 5.41) is 9.09. The largest absolute Gasteiger partial charge is 0.396 e. The van der Waals surface area contributed by atoms with Crippen LogP contribution in [0.4, 0.5) is 5.69 Å². The van der Waals surface area contributed by atoms with Gasteiger partial charge in [0.2, 0.25) is 0 Å². The van der Waals surface area contributed by atoms with Gasteiger partial charge >= 0.3 is 0 Å². The van der Waals surface area contributed by atoms with Crippen LogP contribution in [0, 0.1) is 5.92 Å². The van der Waals surface area contributed by atoms with Crippen molar-refractivity contribution in [3.63, 3.8) is 0 Å². The van der Waals surface area contributed by atoms with Gasteiger partial charge in [-0.2, -0.15) is 0 Å². The third-order valence-electron chi connectivity index (χ3n) is 3.62. The molecule has 0 aliphatic carbocycles. The predicted octanol–water partition coefficient (Wildman–Crippen LogP) is 2.68. The van der Waals surface area contributed by atoms with E-state index in [1.165, 1.54) is 6.42 Å². The Kier molecular flexibility index (Phi) is 5.19. The minimum Gasteiger partial charge on any atom is -0.396 e. The number of benzene rings is 1. The van der Waals surface area contributed by atoms with Crippen LogP contribution in [0.3, 0.4) is 0 Å². The molecular weight excluding hydrogens is 324 g/mol. The van der Waals surface area contributed by atoms with Crippen LogP contribution in [0.1, 0.15) is 24.8 Å². The van der Waals surface area contributed by atoms with E-state index in [0.29, 0.717) is 10.9 Å². The molecule has 1 aromatic rings. The van der Waals surface area contributed by atoms with Crippen molar-refractivity contribution >= 4 is 38.8 Å². The summed E-state index contributed by atoms with van der Waals surface area (Å²) < 4.78 is 0.989. The van der Waals surface area contributed by atoms with Gasteiger partial charge in [-0.25, -0.2) is 0 Å². The van der Waals surface area contributed by atoms with E-state index in [-0.39, 0.29) is 6.61 Å². The molecule has 0 spiro atoms. The van der Waals surface area contributed by atoms with Crippen LogP contribution in [0.15, 0.2) is 22.7 Å². The molecule has 1 unspecified atom stereocenters. The number of nitrogens with two attached hydrogens (primary N) is 1. The summed E-state index contributed by atoms with van der Waals surface area (Å²) in [6.45, 7) is 2.26. The Morgan fingerprint density at radius 3 is 3.00 bits per heavy atom. The van der Waals surface area contributed by atoms with E-state index in [2.05, 4.69) is 26.9 Å². The fraction of sp³-hybridized carbons (Fsp3) is 0.500. The highest BCUT2D eigenvalue weighted by Gasteiger charge is 2.22. The van der Waals surface area contributed by atoms with E-state index in [4.69, 9.17) is 23.1 Å². The van der Waals surface area contributed by atoms with Crippen molar-refractivity contribution in [2.45, 2.75) is 19.3 Å². The van der Waals surface area contributed by atoms with Crippen molar-refractivity contribution < 1.29 is 5.11 Å². The number of aliphatic hydroxyl groups is 1. The molecule has 5 heteroatoms. The van der Waals surface area contributed by atoms with E-state index in [0.717, 1.165) is 41.7 Å². The smallest absolute Gasteiger partial charge is 0.106 e. The molecule has 2 rings (SSSR count). The van der Waals surface area contributed by atoms with Crippen LogP contribution in [-0.4, -0.2) is 29.8 Å². The van der Waals surface area contributed by atoms with Crippen LogP contribution in [-0.2, 0) is 0 Å². The number of piperidine rings is 1. The minimum atomic E-state index is 0.265. The summed E-state index contributed by atoms with van der Waals surface area (Å²) in [6, 6.07) is 6.07. The maximum Gasteiger partial charge on any atom is 0.106 e. The van der Waals surface area contributed by atoms with Crippen LogP contribution in [0.25, 0.3) is 0 Å². The minimum absolute atomic E-state index is 0.265. The summed E-state index contributed by atoms with van der Waals surface area (Å²) in [7, 11) is 0. The first-order chi connectivity index (χ1) is 9.11. The van der Waals surface area contributed by atoms with E-state index in [1.54, 1.807) is 0 Å². The molecule has 1 aromatic carbocycles. The van der Waals surface area contributed by atoms with Gasteiger partial charge < -0.3 is 15.7 Å². The zero-order chi connectivity index (χ0) is 13.8. The zero-order valence-corrected chi connectivity index (χ0v) is 13.2. The van der Waals surface area contributed by atoms with Crippen LogP contribution in [0.5, 0.6) is 0 Å². The van der Waals surface area contributed by atoms with Gasteiger partial charge in [0.15, 0.2) is 0 Å². The quantitative estimate of drug-likeness (QED) is 0.826. The Labute approximate surface area is 127 Å². The first-order valence-corrected chi connectivity index (χ1v) is 7.77. The first-order valence-electron chi connectivity index (χ1n) is 6.57. The van der Waals surface area contributed by atoms with E-state index >= 15 is 0 Å². The Hall–Kier alpha value is -0.650. The second-order valence-electron chi connectivity index (χ2n) is 4.99. The fourth-order valence-corrected chi connectivity index (χ4v) is 3.21. The van der Waals surface area contributed by atoms with Crippen LogP contribution >= 0.6 is 28.1 Å². The Morgan fingerprint density at radius 1 is 1.53 bits per heavy atom. The maximum atomic E-state index is 9.09. The lowest BCUT2D eigenvalue weighted by molar-refractivity contribution is 0.244. The van der Waals surface area contributed by atoms with E-state index < -0.39 is 0 Å². The van der Waals surface area contributed by atoms with Gasteiger partial charge in [-0.3, -0.25) is 0 Å². The number of aliphatic hydroxyl groups excluding tert-OH is 1. The van der Waals surface area contributed by atoms with Gasteiger partial charge in [0.25, 0.3) is 0 Å². The van der Waals surface area contributed by atoms with Crippen molar-refractivity contribution in [2.75, 3.05) is 24.6 Å². The Balaban J connectivity index is 2.23. The van der Waals surface area contributed by atoms with Gasteiger partial charge in [0, 0.05) is 35.4 Å². The number of nitrogens with zero attached hydrogens (tertiary/aromatic N) is 1. The number of anilines is 1. The number of halogens is 1. The van der Waals surface area contributed by atoms with Crippen molar-refractivity contribution in [2.24, 2.45) is 11.7 Å². The van der Waals surface area contributed by atoms with Crippen molar-refractivity contribution in [1.29, 1.82) is 0 Å². The molecule has 1 saturated heterocycles. The first kappa shape index (κ1) is 14.8. The molecule has 104 valence electrons. The van der Waals surface area contributed by atoms with Crippen molar-refractivity contribution in [3.8, 4) is 0 Å². The summed E-state index contributed by atoms with van der Waals surface area (Å²) in [4.78, 5) is 2.77. The average Bonchev–Trinajstić information content (AvgIpc) is 2.39. The lowest BCUT2D eigenvalue weighted by atomic mass is 9.94. The summed E-state index contributed by atoms with van der Waals surface area (Å²) in [6.07, 6.45) is 3.21. The monoisotopic (exact) mass is 342 g/mol. The lowest BCUT2D eigenvalue weighted by Gasteiger charge is -2.35. The molecule has 19 heavy (non-hydrogen) atoms. The number of rotatable bonds is 4. The number of thiocarbonyl (C=S) groups is 1. The predicted molar refractivity (Wildman–Crippen MR) is 86.7 cm³/mol. The third-order valence-corrected chi connectivity index (χ3v) is 4.33. The molecule has 1 atom stereocenters. The van der Waals surface area contributed by atoms with Crippen molar-refractivity contribution in [3.05, 3.63) is 28.2 Å². The molecule has 0 bridgehead atoms. The SMILES string of the molecule is NC(=S)c1cc(Br)ccc1N1CCCC(CCO)C1. The molecule has 3 N–H and O–H groups in total. The molecule has 1 fully saturated rings. The molecule has 1 heterocycles. The molecule has 0 aromatic heterocycles. The van der Waals surface area contributed by atoms with Gasteiger partial charge in [-0.1, -0.05) is 28.1 Å². The van der Waals surface area contributed by atoms with Gasteiger partial charge in [-0.05, 0) is 43.4 Å². The molecule has 1 aliphatic rings. The molecule has 3 nitrogen and oxygen atoms in total. The molecular formula is C14H19BrN2OS.